The van der Waals surface area contributed by atoms with Crippen LogP contribution in [0.3, 0.4) is 0 Å². The molecule has 246 valence electrons. The van der Waals surface area contributed by atoms with Gasteiger partial charge in [0.15, 0.2) is 0 Å². The molecule has 0 radical (unpaired) electrons. The monoisotopic (exact) mass is 656 g/mol. The summed E-state index contributed by atoms with van der Waals surface area (Å²) in [6.07, 6.45) is 1.86. The molecule has 1 unspecified atom stereocenters. The molecule has 4 rings (SSSR count). The summed E-state index contributed by atoms with van der Waals surface area (Å²) < 4.78 is 38.0. The van der Waals surface area contributed by atoms with Gasteiger partial charge in [-0.2, -0.15) is 4.31 Å². The van der Waals surface area contributed by atoms with Gasteiger partial charge in [0.05, 0.1) is 19.1 Å². The van der Waals surface area contributed by atoms with Crippen molar-refractivity contribution in [3.63, 3.8) is 0 Å². The van der Waals surface area contributed by atoms with Gasteiger partial charge in [-0.05, 0) is 43.5 Å². The normalized spacial score (nSPS) is 15.3. The molecule has 0 spiro atoms. The van der Waals surface area contributed by atoms with Gasteiger partial charge in [-0.25, -0.2) is 27.8 Å². The van der Waals surface area contributed by atoms with Crippen LogP contribution < -0.4 is 31.1 Å². The van der Waals surface area contributed by atoms with Crippen LogP contribution in [0.2, 0.25) is 0 Å². The van der Waals surface area contributed by atoms with E-state index in [4.69, 9.17) is 9.47 Å². The van der Waals surface area contributed by atoms with Gasteiger partial charge < -0.3 is 30.5 Å². The number of carbonyl (C=O) groups excluding carboxylic acids is 2. The van der Waals surface area contributed by atoms with Crippen LogP contribution in [0.4, 0.5) is 10.6 Å². The second kappa shape index (κ2) is 14.4. The van der Waals surface area contributed by atoms with Crippen molar-refractivity contribution in [3.05, 3.63) is 76.3 Å². The lowest BCUT2D eigenvalue weighted by atomic mass is 9.86. The zero-order valence-corrected chi connectivity index (χ0v) is 26.3. The van der Waals surface area contributed by atoms with Crippen molar-refractivity contribution >= 4 is 33.7 Å². The number of H-pyrrole nitrogens is 1. The van der Waals surface area contributed by atoms with Crippen LogP contribution in [-0.4, -0.2) is 84.6 Å². The number of carbonyl (C=O) groups is 3. The summed E-state index contributed by atoms with van der Waals surface area (Å²) in [6.45, 7) is 2.18. The number of ether oxygens (including phenoxy) is 2. The number of aliphatic carboxylic acids is 1. The summed E-state index contributed by atoms with van der Waals surface area (Å²) in [7, 11) is -0.957. The second-order valence-electron chi connectivity index (χ2n) is 10.6. The number of piperidine rings is 1. The summed E-state index contributed by atoms with van der Waals surface area (Å²) in [5, 5.41) is 17.8. The summed E-state index contributed by atoms with van der Waals surface area (Å²) in [5.74, 6) is -1.81. The van der Waals surface area contributed by atoms with Crippen LogP contribution in [0, 0.1) is 0 Å². The number of hydrogen-bond acceptors (Lipinski definition) is 9. The molecule has 3 aromatic rings. The molecule has 5 N–H and O–H groups in total. The minimum Gasteiger partial charge on any atom is -0.496 e. The zero-order chi connectivity index (χ0) is 33.5. The van der Waals surface area contributed by atoms with Crippen LogP contribution >= 0.6 is 0 Å². The predicted molar refractivity (Wildman–Crippen MR) is 167 cm³/mol. The highest BCUT2D eigenvalue weighted by Crippen LogP contribution is 2.30. The van der Waals surface area contributed by atoms with Crippen LogP contribution in [0.5, 0.6) is 11.5 Å². The van der Waals surface area contributed by atoms with E-state index in [1.54, 1.807) is 36.4 Å². The zero-order valence-electron chi connectivity index (χ0n) is 25.5. The molecule has 0 saturated carbocycles. The third kappa shape index (κ3) is 7.63. The van der Waals surface area contributed by atoms with Gasteiger partial charge in [0.25, 0.3) is 5.91 Å². The molecule has 1 aromatic heterocycles. The maximum atomic E-state index is 13.2. The van der Waals surface area contributed by atoms with Crippen LogP contribution in [0.25, 0.3) is 0 Å². The Hall–Kier alpha value is -4.96. The van der Waals surface area contributed by atoms with Gasteiger partial charge in [-0.15, -0.1) is 0 Å². The molecule has 0 aliphatic carbocycles. The van der Waals surface area contributed by atoms with E-state index in [-0.39, 0.29) is 52.8 Å². The van der Waals surface area contributed by atoms with E-state index >= 15 is 0 Å². The van der Waals surface area contributed by atoms with Crippen molar-refractivity contribution in [3.8, 4) is 11.5 Å². The molecular weight excluding hydrogens is 620 g/mol. The largest absolute Gasteiger partial charge is 0.496 e. The maximum absolute atomic E-state index is 13.2. The molecule has 1 atom stereocenters. The van der Waals surface area contributed by atoms with E-state index < -0.39 is 45.2 Å². The summed E-state index contributed by atoms with van der Waals surface area (Å²) in [4.78, 5) is 56.9. The number of aromatic nitrogens is 2. The highest BCUT2D eigenvalue weighted by molar-refractivity contribution is 7.89. The molecular formula is C30H36N6O9S. The van der Waals surface area contributed by atoms with Crippen molar-refractivity contribution in [2.24, 2.45) is 0 Å². The first-order chi connectivity index (χ1) is 21.9. The number of carboxylic acids is 1. The maximum Gasteiger partial charge on any atom is 0.346 e. The van der Waals surface area contributed by atoms with Crippen molar-refractivity contribution in [2.75, 3.05) is 32.6 Å². The number of urea groups is 1. The van der Waals surface area contributed by atoms with Crippen molar-refractivity contribution in [2.45, 2.75) is 49.1 Å². The molecule has 16 heteroatoms. The van der Waals surface area contributed by atoms with E-state index in [9.17, 15) is 32.7 Å². The molecule has 2 heterocycles. The Labute approximate surface area is 265 Å². The van der Waals surface area contributed by atoms with Crippen LogP contribution in [0.1, 0.15) is 42.1 Å². The number of anilines is 1. The number of nitrogens with zero attached hydrogens (tertiary/aromatic N) is 2. The average Bonchev–Trinajstić information content (AvgIpc) is 3.05. The standard InChI is InChI=1S/C30H36N6O9S/c1-4-30(13-15-36(16-14-30)46(42,43)20-9-6-5-7-10-20)35-29(41)32-21(27(38)39)17-19-18-31-28(40)34-25(19)33-26(37)24-22(44-2)11-8-12-23(24)45-3/h5-12,18,21H,4,13-17H2,1-3H3,(H,38,39)(H2,32,35,41)(H2,31,33,34,37,40). The van der Waals surface area contributed by atoms with Gasteiger partial charge in [-0.1, -0.05) is 31.2 Å². The van der Waals surface area contributed by atoms with Gasteiger partial charge in [0.1, 0.15) is 28.9 Å². The Bertz CT molecular complexity index is 1720. The van der Waals surface area contributed by atoms with E-state index in [0.717, 1.165) is 6.20 Å². The van der Waals surface area contributed by atoms with Gasteiger partial charge >= 0.3 is 17.7 Å². The number of hydrogen-bond donors (Lipinski definition) is 5. The van der Waals surface area contributed by atoms with E-state index in [0.29, 0.717) is 19.3 Å². The molecule has 2 aromatic carbocycles. The molecule has 1 fully saturated rings. The number of rotatable bonds is 12. The molecule has 1 aliphatic heterocycles. The fourth-order valence-electron chi connectivity index (χ4n) is 5.26. The molecule has 1 aliphatic rings. The smallest absolute Gasteiger partial charge is 0.346 e. The number of benzene rings is 2. The van der Waals surface area contributed by atoms with Crippen molar-refractivity contribution in [1.82, 2.24) is 24.9 Å². The number of sulfonamides is 1. The molecule has 46 heavy (non-hydrogen) atoms. The second-order valence-corrected chi connectivity index (χ2v) is 12.6. The van der Waals surface area contributed by atoms with E-state index in [1.165, 1.54) is 30.7 Å². The Balaban J connectivity index is 1.46. The van der Waals surface area contributed by atoms with Crippen LogP contribution in [-0.2, 0) is 21.2 Å². The Morgan fingerprint density at radius 2 is 1.67 bits per heavy atom. The molecule has 0 bridgehead atoms. The number of amides is 3. The first-order valence-corrected chi connectivity index (χ1v) is 15.8. The third-order valence-corrected chi connectivity index (χ3v) is 9.84. The first kappa shape index (κ1) is 33.9. The highest BCUT2D eigenvalue weighted by atomic mass is 32.2. The predicted octanol–water partition coefficient (Wildman–Crippen LogP) is 1.97. The number of aromatic amines is 1. The van der Waals surface area contributed by atoms with Crippen molar-refractivity contribution in [1.29, 1.82) is 0 Å². The van der Waals surface area contributed by atoms with Gasteiger partial charge in [-0.3, -0.25) is 9.78 Å². The van der Waals surface area contributed by atoms with Crippen molar-refractivity contribution < 1.29 is 37.4 Å². The Kier molecular flexibility index (Phi) is 10.6. The van der Waals surface area contributed by atoms with Gasteiger partial charge in [0, 0.05) is 36.8 Å². The fraction of sp³-hybridized carbons (Fsp3) is 0.367. The highest BCUT2D eigenvalue weighted by Gasteiger charge is 2.39. The van der Waals surface area contributed by atoms with Crippen LogP contribution in [0.15, 0.2) is 64.4 Å². The fourth-order valence-corrected chi connectivity index (χ4v) is 6.72. The minimum absolute atomic E-state index is 0.0379. The van der Waals surface area contributed by atoms with E-state index in [1.807, 2.05) is 6.92 Å². The third-order valence-electron chi connectivity index (χ3n) is 7.93. The lowest BCUT2D eigenvalue weighted by molar-refractivity contribution is -0.139. The Morgan fingerprint density at radius 3 is 2.24 bits per heavy atom. The minimum atomic E-state index is -3.70. The Morgan fingerprint density at radius 1 is 1.04 bits per heavy atom. The molecule has 3 amide bonds. The lowest BCUT2D eigenvalue weighted by Crippen LogP contribution is -2.59. The van der Waals surface area contributed by atoms with E-state index in [2.05, 4.69) is 25.9 Å². The number of carboxylic acid groups (broad SMARTS) is 1. The summed E-state index contributed by atoms with van der Waals surface area (Å²) >= 11 is 0. The number of nitrogens with one attached hydrogen (secondary N) is 4. The SMILES string of the molecule is CCC1(NC(=O)NC(Cc2cnc(=O)[nH]c2NC(=O)c2c(OC)cccc2OC)C(=O)O)CCN(S(=O)(=O)c2ccccc2)CC1. The molecule has 1 saturated heterocycles. The lowest BCUT2D eigenvalue weighted by Gasteiger charge is -2.41. The summed E-state index contributed by atoms with van der Waals surface area (Å²) in [6, 6.07) is 10.5. The molecule has 15 nitrogen and oxygen atoms in total. The summed E-state index contributed by atoms with van der Waals surface area (Å²) in [5.41, 5.74) is -1.41. The first-order valence-electron chi connectivity index (χ1n) is 14.4. The quantitative estimate of drug-likeness (QED) is 0.191. The topological polar surface area (TPSA) is 209 Å². The average molecular weight is 657 g/mol. The van der Waals surface area contributed by atoms with Gasteiger partial charge in [0.2, 0.25) is 10.0 Å². The number of methoxy groups -OCH3 is 2.